The van der Waals surface area contributed by atoms with Crippen LogP contribution in [-0.4, -0.2) is 56.1 Å². The zero-order chi connectivity index (χ0) is 27.6. The number of ether oxygens (including phenoxy) is 2. The first-order valence-corrected chi connectivity index (χ1v) is 14.0. The van der Waals surface area contributed by atoms with Gasteiger partial charge in [-0.2, -0.15) is 0 Å². The Labute approximate surface area is 235 Å². The Kier molecular flexibility index (Phi) is 10.1. The number of halogens is 1. The molecule has 39 heavy (non-hydrogen) atoms. The third-order valence-electron chi connectivity index (χ3n) is 6.55. The van der Waals surface area contributed by atoms with Crippen molar-refractivity contribution in [3.8, 4) is 11.5 Å². The maximum atomic E-state index is 13.0. The van der Waals surface area contributed by atoms with Crippen LogP contribution in [0, 0.1) is 0 Å². The van der Waals surface area contributed by atoms with Crippen molar-refractivity contribution in [1.82, 2.24) is 4.90 Å². The van der Waals surface area contributed by atoms with Crippen LogP contribution < -0.4 is 19.7 Å². The number of piperazine rings is 1. The molecule has 3 aromatic carbocycles. The zero-order valence-electron chi connectivity index (χ0n) is 22.6. The molecule has 8 heteroatoms. The van der Waals surface area contributed by atoms with Crippen LogP contribution in [0.25, 0.3) is 0 Å². The maximum Gasteiger partial charge on any atom is 0.255 e. The molecule has 3 aromatic rings. The van der Waals surface area contributed by atoms with Gasteiger partial charge >= 0.3 is 0 Å². The van der Waals surface area contributed by atoms with Crippen LogP contribution in [0.4, 0.5) is 11.4 Å². The topological polar surface area (TPSA) is 71.1 Å². The monoisotopic (exact) mass is 549 g/mol. The molecular formula is C31H36ClN3O4. The molecule has 1 aliphatic heterocycles. The molecule has 4 rings (SSSR count). The molecule has 0 radical (unpaired) electrons. The van der Waals surface area contributed by atoms with Crippen LogP contribution in [0.2, 0.25) is 5.02 Å². The normalized spacial score (nSPS) is 13.2. The van der Waals surface area contributed by atoms with Crippen molar-refractivity contribution in [3.63, 3.8) is 0 Å². The Hall–Kier alpha value is -3.71. The molecule has 1 saturated heterocycles. The van der Waals surface area contributed by atoms with Crippen LogP contribution in [0.3, 0.4) is 0 Å². The second-order valence-corrected chi connectivity index (χ2v) is 9.91. The van der Waals surface area contributed by atoms with E-state index in [4.69, 9.17) is 21.1 Å². The highest BCUT2D eigenvalue weighted by atomic mass is 35.5. The first-order chi connectivity index (χ1) is 19.0. The van der Waals surface area contributed by atoms with Crippen molar-refractivity contribution in [2.45, 2.75) is 33.1 Å². The SMILES string of the molecule is CCCCOc1cccc(C(=O)Nc2ccc(N3CCN(C(=O)c4ccc(OCCC)cc4)CC3)c(Cl)c2)c1. The van der Waals surface area contributed by atoms with Crippen LogP contribution in [0.1, 0.15) is 53.8 Å². The summed E-state index contributed by atoms with van der Waals surface area (Å²) in [5.41, 5.74) is 2.67. The van der Waals surface area contributed by atoms with Gasteiger partial charge in [0.1, 0.15) is 11.5 Å². The number of carbonyl (C=O) groups excluding carboxylic acids is 2. The fraction of sp³-hybridized carbons (Fsp3) is 0.355. The number of anilines is 2. The van der Waals surface area contributed by atoms with Gasteiger partial charge < -0.3 is 24.6 Å². The summed E-state index contributed by atoms with van der Waals surface area (Å²) in [7, 11) is 0. The molecule has 2 amide bonds. The predicted octanol–water partition coefficient (Wildman–Crippen LogP) is 6.52. The van der Waals surface area contributed by atoms with Gasteiger partial charge in [-0.15, -0.1) is 0 Å². The number of unbranched alkanes of at least 4 members (excludes halogenated alkanes) is 1. The van der Waals surface area contributed by atoms with Gasteiger partial charge in [0.2, 0.25) is 0 Å². The molecule has 0 saturated carbocycles. The Morgan fingerprint density at radius 2 is 1.56 bits per heavy atom. The van der Waals surface area contributed by atoms with Crippen molar-refractivity contribution in [3.05, 3.63) is 82.9 Å². The van der Waals surface area contributed by atoms with E-state index in [0.717, 1.165) is 30.7 Å². The number of nitrogens with one attached hydrogen (secondary N) is 1. The third kappa shape index (κ3) is 7.67. The molecule has 0 atom stereocenters. The Morgan fingerprint density at radius 3 is 2.26 bits per heavy atom. The number of carbonyl (C=O) groups is 2. The molecule has 0 unspecified atom stereocenters. The smallest absolute Gasteiger partial charge is 0.255 e. The molecule has 1 N–H and O–H groups in total. The summed E-state index contributed by atoms with van der Waals surface area (Å²) in [4.78, 5) is 29.8. The average Bonchev–Trinajstić information content (AvgIpc) is 2.96. The molecule has 0 bridgehead atoms. The minimum atomic E-state index is -0.225. The average molecular weight is 550 g/mol. The predicted molar refractivity (Wildman–Crippen MR) is 157 cm³/mol. The highest BCUT2D eigenvalue weighted by Gasteiger charge is 2.23. The van der Waals surface area contributed by atoms with Crippen molar-refractivity contribution in [1.29, 1.82) is 0 Å². The molecule has 1 aliphatic rings. The Bertz CT molecular complexity index is 1260. The van der Waals surface area contributed by atoms with E-state index in [2.05, 4.69) is 24.1 Å². The number of rotatable bonds is 11. The molecule has 1 fully saturated rings. The van der Waals surface area contributed by atoms with Gasteiger partial charge in [0.25, 0.3) is 11.8 Å². The standard InChI is InChI=1S/C31H36ClN3O4/c1-3-5-20-39-27-8-6-7-24(21-27)30(36)33-25-11-14-29(28(32)22-25)34-15-17-35(18-16-34)31(37)23-9-12-26(13-10-23)38-19-4-2/h6-14,21-22H,3-5,15-20H2,1-2H3,(H,33,36). The van der Waals surface area contributed by atoms with Gasteiger partial charge in [0, 0.05) is 43.0 Å². The van der Waals surface area contributed by atoms with E-state index in [0.29, 0.717) is 67.0 Å². The summed E-state index contributed by atoms with van der Waals surface area (Å²) in [6.07, 6.45) is 2.96. The molecule has 206 valence electrons. The van der Waals surface area contributed by atoms with E-state index in [-0.39, 0.29) is 11.8 Å². The molecule has 0 aromatic heterocycles. The van der Waals surface area contributed by atoms with Crippen LogP contribution in [-0.2, 0) is 0 Å². The van der Waals surface area contributed by atoms with Gasteiger partial charge in [-0.25, -0.2) is 0 Å². The third-order valence-corrected chi connectivity index (χ3v) is 6.85. The van der Waals surface area contributed by atoms with Gasteiger partial charge in [-0.3, -0.25) is 9.59 Å². The van der Waals surface area contributed by atoms with Crippen LogP contribution in [0.15, 0.2) is 66.7 Å². The quantitative estimate of drug-likeness (QED) is 0.276. The van der Waals surface area contributed by atoms with E-state index in [9.17, 15) is 9.59 Å². The highest BCUT2D eigenvalue weighted by Crippen LogP contribution is 2.30. The van der Waals surface area contributed by atoms with E-state index >= 15 is 0 Å². The number of hydrogen-bond donors (Lipinski definition) is 1. The number of hydrogen-bond acceptors (Lipinski definition) is 5. The fourth-order valence-corrected chi connectivity index (χ4v) is 4.65. The van der Waals surface area contributed by atoms with Crippen molar-refractivity contribution < 1.29 is 19.1 Å². The Balaban J connectivity index is 1.31. The lowest BCUT2D eigenvalue weighted by Crippen LogP contribution is -2.48. The van der Waals surface area contributed by atoms with Crippen LogP contribution >= 0.6 is 11.6 Å². The van der Waals surface area contributed by atoms with E-state index in [1.165, 1.54) is 0 Å². The summed E-state index contributed by atoms with van der Waals surface area (Å²) < 4.78 is 11.3. The minimum absolute atomic E-state index is 0.0145. The summed E-state index contributed by atoms with van der Waals surface area (Å²) in [6, 6.07) is 20.0. The summed E-state index contributed by atoms with van der Waals surface area (Å²) in [6.45, 7) is 7.98. The maximum absolute atomic E-state index is 13.0. The second-order valence-electron chi connectivity index (χ2n) is 9.50. The lowest BCUT2D eigenvalue weighted by atomic mass is 10.1. The van der Waals surface area contributed by atoms with Crippen LogP contribution in [0.5, 0.6) is 11.5 Å². The van der Waals surface area contributed by atoms with Gasteiger partial charge in [0.15, 0.2) is 0 Å². The van der Waals surface area contributed by atoms with Crippen molar-refractivity contribution in [2.24, 2.45) is 0 Å². The molecule has 1 heterocycles. The van der Waals surface area contributed by atoms with Gasteiger partial charge in [-0.05, 0) is 73.5 Å². The summed E-state index contributed by atoms with van der Waals surface area (Å²) in [5.74, 6) is 1.25. The van der Waals surface area contributed by atoms with Crippen molar-refractivity contribution >= 4 is 34.8 Å². The first-order valence-electron chi connectivity index (χ1n) is 13.6. The number of benzene rings is 3. The lowest BCUT2D eigenvalue weighted by molar-refractivity contribution is 0.0746. The molecule has 0 spiro atoms. The van der Waals surface area contributed by atoms with E-state index in [1.54, 1.807) is 18.2 Å². The fourth-order valence-electron chi connectivity index (χ4n) is 4.35. The summed E-state index contributed by atoms with van der Waals surface area (Å²) in [5, 5.41) is 3.47. The van der Waals surface area contributed by atoms with Crippen molar-refractivity contribution in [2.75, 3.05) is 49.6 Å². The molecule has 0 aliphatic carbocycles. The Morgan fingerprint density at radius 1 is 0.821 bits per heavy atom. The van der Waals surface area contributed by atoms with Gasteiger partial charge in [-0.1, -0.05) is 37.9 Å². The largest absolute Gasteiger partial charge is 0.494 e. The first kappa shape index (κ1) is 28.3. The highest BCUT2D eigenvalue weighted by molar-refractivity contribution is 6.33. The second kappa shape index (κ2) is 13.9. The van der Waals surface area contributed by atoms with E-state index < -0.39 is 0 Å². The van der Waals surface area contributed by atoms with Gasteiger partial charge in [0.05, 0.1) is 23.9 Å². The molecule has 7 nitrogen and oxygen atoms in total. The van der Waals surface area contributed by atoms with E-state index in [1.807, 2.05) is 53.4 Å². The summed E-state index contributed by atoms with van der Waals surface area (Å²) >= 11 is 6.63. The number of amides is 2. The minimum Gasteiger partial charge on any atom is -0.494 e. The molecular weight excluding hydrogens is 514 g/mol. The lowest BCUT2D eigenvalue weighted by Gasteiger charge is -2.36. The zero-order valence-corrected chi connectivity index (χ0v) is 23.4. The number of nitrogens with zero attached hydrogens (tertiary/aromatic N) is 2.